The Balaban J connectivity index is 1.91. The van der Waals surface area contributed by atoms with Crippen molar-refractivity contribution in [2.24, 2.45) is 0 Å². The van der Waals surface area contributed by atoms with Crippen molar-refractivity contribution in [3.05, 3.63) is 53.6 Å². The summed E-state index contributed by atoms with van der Waals surface area (Å²) in [6.07, 6.45) is 0.955. The number of ether oxygens (including phenoxy) is 3. The molecule has 0 bridgehead atoms. The molecule has 0 spiro atoms. The average Bonchev–Trinajstić information content (AvgIpc) is 2.64. The molecule has 0 radical (unpaired) electrons. The average molecular weight is 329 g/mol. The number of benzene rings is 2. The maximum atomic E-state index is 12.1. The van der Waals surface area contributed by atoms with Crippen molar-refractivity contribution in [1.82, 2.24) is 5.32 Å². The van der Waals surface area contributed by atoms with Gasteiger partial charge >= 0.3 is 0 Å². The molecule has 1 amide bonds. The molecule has 0 fully saturated rings. The van der Waals surface area contributed by atoms with Gasteiger partial charge in [-0.15, -0.1) is 0 Å². The molecule has 5 nitrogen and oxygen atoms in total. The van der Waals surface area contributed by atoms with E-state index >= 15 is 0 Å². The first kappa shape index (κ1) is 17.7. The minimum Gasteiger partial charge on any atom is -0.497 e. The zero-order valence-electron chi connectivity index (χ0n) is 14.3. The van der Waals surface area contributed by atoms with Gasteiger partial charge in [0.15, 0.2) is 0 Å². The summed E-state index contributed by atoms with van der Waals surface area (Å²) in [6.45, 7) is 0.443. The fourth-order valence-electron chi connectivity index (χ4n) is 2.46. The van der Waals surface area contributed by atoms with Crippen molar-refractivity contribution < 1.29 is 19.0 Å². The van der Waals surface area contributed by atoms with Crippen LogP contribution in [0.3, 0.4) is 0 Å². The molecule has 0 aliphatic rings. The van der Waals surface area contributed by atoms with Gasteiger partial charge in [-0.25, -0.2) is 0 Å². The molecule has 2 aromatic carbocycles. The summed E-state index contributed by atoms with van der Waals surface area (Å²) in [5.41, 5.74) is 1.90. The number of carbonyl (C=O) groups is 1. The first-order chi connectivity index (χ1) is 11.7. The predicted molar refractivity (Wildman–Crippen MR) is 92.7 cm³/mol. The molecule has 2 rings (SSSR count). The van der Waals surface area contributed by atoms with E-state index in [1.165, 1.54) is 0 Å². The second kappa shape index (κ2) is 8.82. The van der Waals surface area contributed by atoms with Crippen LogP contribution in [0.1, 0.15) is 17.5 Å². The van der Waals surface area contributed by atoms with E-state index in [1.54, 1.807) is 21.3 Å². The van der Waals surface area contributed by atoms with E-state index in [1.807, 2.05) is 42.5 Å². The Labute approximate surface area is 142 Å². The van der Waals surface area contributed by atoms with E-state index in [-0.39, 0.29) is 5.91 Å². The number of para-hydroxylation sites is 1. The SMILES string of the molecule is COc1ccc(OC)c(CCC(=O)NCc2ccccc2OC)c1. The lowest BCUT2D eigenvalue weighted by atomic mass is 10.1. The van der Waals surface area contributed by atoms with E-state index in [0.29, 0.717) is 19.4 Å². The third-order valence-electron chi connectivity index (χ3n) is 3.78. The molecule has 0 aliphatic heterocycles. The second-order valence-electron chi connectivity index (χ2n) is 5.27. The fraction of sp³-hybridized carbons (Fsp3) is 0.316. The standard InChI is InChI=1S/C19H23NO4/c1-22-16-9-10-18(24-3)14(12-16)8-11-19(21)20-13-15-6-4-5-7-17(15)23-2/h4-7,9-10,12H,8,11,13H2,1-3H3,(H,20,21). The topological polar surface area (TPSA) is 56.8 Å². The summed E-state index contributed by atoms with van der Waals surface area (Å²) in [5.74, 6) is 2.26. The van der Waals surface area contributed by atoms with Crippen LogP contribution in [0.15, 0.2) is 42.5 Å². The molecule has 0 heterocycles. The van der Waals surface area contributed by atoms with Crippen LogP contribution >= 0.6 is 0 Å². The summed E-state index contributed by atoms with van der Waals surface area (Å²) in [7, 11) is 4.86. The lowest BCUT2D eigenvalue weighted by Gasteiger charge is -2.11. The van der Waals surface area contributed by atoms with E-state index in [0.717, 1.165) is 28.4 Å². The van der Waals surface area contributed by atoms with Crippen LogP contribution in [0.2, 0.25) is 0 Å². The minimum atomic E-state index is -0.0224. The maximum Gasteiger partial charge on any atom is 0.220 e. The first-order valence-electron chi connectivity index (χ1n) is 7.77. The summed E-state index contributed by atoms with van der Waals surface area (Å²) in [4.78, 5) is 12.1. The highest BCUT2D eigenvalue weighted by molar-refractivity contribution is 5.76. The molecule has 1 N–H and O–H groups in total. The molecular formula is C19H23NO4. The molecule has 24 heavy (non-hydrogen) atoms. The Morgan fingerprint density at radius 3 is 2.33 bits per heavy atom. The molecule has 0 saturated heterocycles. The molecule has 0 saturated carbocycles. The molecule has 0 aliphatic carbocycles. The van der Waals surface area contributed by atoms with E-state index in [2.05, 4.69) is 5.32 Å². The van der Waals surface area contributed by atoms with Gasteiger partial charge in [0.2, 0.25) is 5.91 Å². The summed E-state index contributed by atoms with van der Waals surface area (Å²) in [5, 5.41) is 2.92. The van der Waals surface area contributed by atoms with Gasteiger partial charge in [-0.3, -0.25) is 4.79 Å². The Kier molecular flexibility index (Phi) is 6.49. The summed E-state index contributed by atoms with van der Waals surface area (Å²) in [6, 6.07) is 13.2. The van der Waals surface area contributed by atoms with E-state index in [9.17, 15) is 4.79 Å². The monoisotopic (exact) mass is 329 g/mol. The number of nitrogens with one attached hydrogen (secondary N) is 1. The third-order valence-corrected chi connectivity index (χ3v) is 3.78. The molecule has 5 heteroatoms. The highest BCUT2D eigenvalue weighted by atomic mass is 16.5. The van der Waals surface area contributed by atoms with Crippen molar-refractivity contribution in [3.63, 3.8) is 0 Å². The Morgan fingerprint density at radius 1 is 0.917 bits per heavy atom. The van der Waals surface area contributed by atoms with Crippen molar-refractivity contribution in [3.8, 4) is 17.2 Å². The third kappa shape index (κ3) is 4.65. The number of aryl methyl sites for hydroxylation is 1. The molecule has 0 atom stereocenters. The zero-order chi connectivity index (χ0) is 17.4. The number of rotatable bonds is 8. The first-order valence-corrected chi connectivity index (χ1v) is 7.77. The molecule has 2 aromatic rings. The summed E-state index contributed by atoms with van der Waals surface area (Å²) < 4.78 is 15.8. The van der Waals surface area contributed by atoms with Crippen LogP contribution in [0.25, 0.3) is 0 Å². The van der Waals surface area contributed by atoms with Gasteiger partial charge < -0.3 is 19.5 Å². The Hall–Kier alpha value is -2.69. The molecule has 128 valence electrons. The van der Waals surface area contributed by atoms with Crippen molar-refractivity contribution >= 4 is 5.91 Å². The number of carbonyl (C=O) groups excluding carboxylic acids is 1. The fourth-order valence-corrected chi connectivity index (χ4v) is 2.46. The van der Waals surface area contributed by atoms with Gasteiger partial charge in [-0.2, -0.15) is 0 Å². The van der Waals surface area contributed by atoms with Crippen LogP contribution in [-0.2, 0) is 17.8 Å². The highest BCUT2D eigenvalue weighted by Gasteiger charge is 2.09. The van der Waals surface area contributed by atoms with E-state index in [4.69, 9.17) is 14.2 Å². The van der Waals surface area contributed by atoms with E-state index < -0.39 is 0 Å². The number of hydrogen-bond donors (Lipinski definition) is 1. The Bertz CT molecular complexity index is 685. The van der Waals surface area contributed by atoms with Crippen LogP contribution in [0.4, 0.5) is 0 Å². The summed E-state index contributed by atoms with van der Waals surface area (Å²) >= 11 is 0. The highest BCUT2D eigenvalue weighted by Crippen LogP contribution is 2.25. The van der Waals surface area contributed by atoms with Gasteiger partial charge in [0.05, 0.1) is 21.3 Å². The number of hydrogen-bond acceptors (Lipinski definition) is 4. The van der Waals surface area contributed by atoms with Crippen LogP contribution < -0.4 is 19.5 Å². The van der Waals surface area contributed by atoms with Gasteiger partial charge in [0, 0.05) is 18.5 Å². The lowest BCUT2D eigenvalue weighted by Crippen LogP contribution is -2.23. The van der Waals surface area contributed by atoms with Crippen LogP contribution in [-0.4, -0.2) is 27.2 Å². The van der Waals surface area contributed by atoms with Crippen molar-refractivity contribution in [2.75, 3.05) is 21.3 Å². The second-order valence-corrected chi connectivity index (χ2v) is 5.27. The normalized spacial score (nSPS) is 10.1. The van der Waals surface area contributed by atoms with Gasteiger partial charge in [0.25, 0.3) is 0 Å². The number of amides is 1. The lowest BCUT2D eigenvalue weighted by molar-refractivity contribution is -0.121. The quantitative estimate of drug-likeness (QED) is 0.809. The molecule has 0 unspecified atom stereocenters. The van der Waals surface area contributed by atoms with Gasteiger partial charge in [0.1, 0.15) is 17.2 Å². The van der Waals surface area contributed by atoms with Gasteiger partial charge in [-0.1, -0.05) is 18.2 Å². The van der Waals surface area contributed by atoms with Gasteiger partial charge in [-0.05, 0) is 36.2 Å². The maximum absolute atomic E-state index is 12.1. The smallest absolute Gasteiger partial charge is 0.220 e. The zero-order valence-corrected chi connectivity index (χ0v) is 14.3. The Morgan fingerprint density at radius 2 is 1.62 bits per heavy atom. The predicted octanol–water partition coefficient (Wildman–Crippen LogP) is 2.96. The van der Waals surface area contributed by atoms with Crippen LogP contribution in [0.5, 0.6) is 17.2 Å². The molecular weight excluding hydrogens is 306 g/mol. The van der Waals surface area contributed by atoms with Crippen LogP contribution in [0, 0.1) is 0 Å². The number of methoxy groups -OCH3 is 3. The van der Waals surface area contributed by atoms with Crippen molar-refractivity contribution in [2.45, 2.75) is 19.4 Å². The largest absolute Gasteiger partial charge is 0.497 e. The van der Waals surface area contributed by atoms with Crippen molar-refractivity contribution in [1.29, 1.82) is 0 Å². The minimum absolute atomic E-state index is 0.0224. The molecule has 0 aromatic heterocycles.